The van der Waals surface area contributed by atoms with Crippen LogP contribution in [0.5, 0.6) is 0 Å². The summed E-state index contributed by atoms with van der Waals surface area (Å²) in [5.74, 6) is 0.196. The van der Waals surface area contributed by atoms with Crippen LogP contribution in [0.4, 0.5) is 0 Å². The van der Waals surface area contributed by atoms with Crippen LogP contribution < -0.4 is 10.9 Å². The first-order chi connectivity index (χ1) is 14.8. The lowest BCUT2D eigenvalue weighted by atomic mass is 9.93. The molecule has 0 spiro atoms. The van der Waals surface area contributed by atoms with Crippen molar-refractivity contribution in [3.05, 3.63) is 44.5 Å². The highest BCUT2D eigenvalue weighted by Gasteiger charge is 2.23. The van der Waals surface area contributed by atoms with Crippen molar-refractivity contribution in [3.8, 4) is 0 Å². The van der Waals surface area contributed by atoms with Gasteiger partial charge in [-0.3, -0.25) is 4.79 Å². The van der Waals surface area contributed by atoms with Crippen LogP contribution in [-0.2, 0) is 33.6 Å². The molecule has 0 saturated carbocycles. The van der Waals surface area contributed by atoms with E-state index in [1.807, 2.05) is 13.8 Å². The molecular weight excluding hydrogens is 398 g/mol. The zero-order valence-electron chi connectivity index (χ0n) is 18.3. The third-order valence-electron chi connectivity index (χ3n) is 6.26. The summed E-state index contributed by atoms with van der Waals surface area (Å²) >= 11 is 0. The maximum absolute atomic E-state index is 12.7. The summed E-state index contributed by atoms with van der Waals surface area (Å²) in [6.45, 7) is 5.36. The van der Waals surface area contributed by atoms with Crippen molar-refractivity contribution in [2.75, 3.05) is 7.11 Å². The number of ether oxygens (including phenoxy) is 1. The van der Waals surface area contributed by atoms with E-state index in [9.17, 15) is 14.4 Å². The van der Waals surface area contributed by atoms with Gasteiger partial charge in [-0.05, 0) is 58.1 Å². The van der Waals surface area contributed by atoms with Crippen molar-refractivity contribution in [2.24, 2.45) is 0 Å². The van der Waals surface area contributed by atoms with Gasteiger partial charge in [0.15, 0.2) is 0 Å². The van der Waals surface area contributed by atoms with Gasteiger partial charge < -0.3 is 18.9 Å². The fourth-order valence-electron chi connectivity index (χ4n) is 4.49. The Balaban J connectivity index is 1.69. The Morgan fingerprint density at radius 2 is 1.81 bits per heavy atom. The molecule has 164 valence electrons. The molecule has 7 heteroatoms. The molecule has 3 aromatic rings. The van der Waals surface area contributed by atoms with Crippen molar-refractivity contribution < 1.29 is 23.2 Å². The summed E-state index contributed by atoms with van der Waals surface area (Å²) < 4.78 is 16.4. The molecule has 0 fully saturated rings. The molecule has 31 heavy (non-hydrogen) atoms. The van der Waals surface area contributed by atoms with Gasteiger partial charge in [0.25, 0.3) is 0 Å². The largest absolute Gasteiger partial charge is 0.467 e. The first-order valence-corrected chi connectivity index (χ1v) is 10.7. The minimum atomic E-state index is -0.741. The number of nitrogens with one attached hydrogen (secondary N) is 1. The maximum Gasteiger partial charge on any atom is 0.339 e. The van der Waals surface area contributed by atoms with Gasteiger partial charge in [-0.1, -0.05) is 0 Å². The Morgan fingerprint density at radius 3 is 2.55 bits per heavy atom. The van der Waals surface area contributed by atoms with E-state index in [1.54, 1.807) is 6.92 Å². The van der Waals surface area contributed by atoms with Crippen LogP contribution in [0.3, 0.4) is 0 Å². The quantitative estimate of drug-likeness (QED) is 0.495. The maximum atomic E-state index is 12.7. The summed E-state index contributed by atoms with van der Waals surface area (Å²) in [5.41, 5.74) is 4.27. The first kappa shape index (κ1) is 21.2. The van der Waals surface area contributed by atoms with Crippen LogP contribution in [-0.4, -0.2) is 25.0 Å². The molecular formula is C24H27NO6. The number of hydrogen-bond donors (Lipinski definition) is 1. The highest BCUT2D eigenvalue weighted by Crippen LogP contribution is 2.37. The number of benzene rings is 1. The third-order valence-corrected chi connectivity index (χ3v) is 6.26. The van der Waals surface area contributed by atoms with Crippen molar-refractivity contribution >= 4 is 33.8 Å². The summed E-state index contributed by atoms with van der Waals surface area (Å²) in [4.78, 5) is 36.4. The van der Waals surface area contributed by atoms with Crippen molar-refractivity contribution in [1.29, 1.82) is 0 Å². The lowest BCUT2D eigenvalue weighted by Crippen LogP contribution is -2.39. The van der Waals surface area contributed by atoms with Gasteiger partial charge in [-0.2, -0.15) is 0 Å². The van der Waals surface area contributed by atoms with Crippen LogP contribution in [0, 0.1) is 13.8 Å². The molecule has 1 N–H and O–H groups in total. The van der Waals surface area contributed by atoms with Gasteiger partial charge in [0, 0.05) is 40.3 Å². The van der Waals surface area contributed by atoms with E-state index in [2.05, 4.69) is 16.1 Å². The minimum Gasteiger partial charge on any atom is -0.467 e. The molecule has 2 heterocycles. The summed E-state index contributed by atoms with van der Waals surface area (Å²) in [7, 11) is 1.27. The van der Waals surface area contributed by atoms with E-state index in [1.165, 1.54) is 12.7 Å². The normalized spacial score (nSPS) is 14.5. The predicted molar refractivity (Wildman–Crippen MR) is 116 cm³/mol. The molecule has 1 atom stereocenters. The molecule has 1 aliphatic carbocycles. The Kier molecular flexibility index (Phi) is 5.60. The van der Waals surface area contributed by atoms with Gasteiger partial charge in [0.2, 0.25) is 5.91 Å². The Labute approximate surface area is 179 Å². The average Bonchev–Trinajstić information content (AvgIpc) is 3.13. The molecule has 1 unspecified atom stereocenters. The molecule has 1 aromatic carbocycles. The molecule has 0 aliphatic heterocycles. The van der Waals surface area contributed by atoms with E-state index < -0.39 is 17.6 Å². The number of hydrogen-bond acceptors (Lipinski definition) is 6. The Hall–Kier alpha value is -3.09. The molecule has 0 radical (unpaired) electrons. The monoisotopic (exact) mass is 425 g/mol. The molecule has 1 aliphatic rings. The van der Waals surface area contributed by atoms with Crippen LogP contribution in [0.2, 0.25) is 0 Å². The fourth-order valence-corrected chi connectivity index (χ4v) is 4.49. The predicted octanol–water partition coefficient (Wildman–Crippen LogP) is 3.65. The number of aryl methyl sites for hydroxylation is 4. The standard InChI is InChI=1S/C24H27NO6/c1-12-15(9-10-20(26)25-14(3)23(27)29-4)24(28)31-21-13(2)22-18(11-17(12)21)16-7-5-6-8-19(16)30-22/h11,14H,5-10H2,1-4H3,(H,25,26). The van der Waals surface area contributed by atoms with E-state index >= 15 is 0 Å². The number of furan rings is 1. The van der Waals surface area contributed by atoms with Crippen LogP contribution in [0.25, 0.3) is 21.9 Å². The Morgan fingerprint density at radius 1 is 1.10 bits per heavy atom. The lowest BCUT2D eigenvalue weighted by Gasteiger charge is -2.13. The SMILES string of the molecule is COC(=O)C(C)NC(=O)CCc1c(C)c2cc3c4c(oc3c(C)c2oc1=O)CCCC4. The summed E-state index contributed by atoms with van der Waals surface area (Å²) in [6.07, 6.45) is 4.50. The fraction of sp³-hybridized carbons (Fsp3) is 0.458. The van der Waals surface area contributed by atoms with Gasteiger partial charge in [0.1, 0.15) is 23.0 Å². The van der Waals surface area contributed by atoms with E-state index in [4.69, 9.17) is 8.83 Å². The van der Waals surface area contributed by atoms with E-state index in [0.717, 1.165) is 58.9 Å². The molecule has 4 rings (SSSR count). The topological polar surface area (TPSA) is 98.8 Å². The van der Waals surface area contributed by atoms with E-state index in [-0.39, 0.29) is 18.7 Å². The number of carbonyl (C=O) groups excluding carboxylic acids is 2. The van der Waals surface area contributed by atoms with Crippen molar-refractivity contribution in [3.63, 3.8) is 0 Å². The summed E-state index contributed by atoms with van der Waals surface area (Å²) in [5, 5.41) is 4.54. The minimum absolute atomic E-state index is 0.0702. The number of rotatable bonds is 5. The van der Waals surface area contributed by atoms with Crippen molar-refractivity contribution in [1.82, 2.24) is 5.32 Å². The number of esters is 1. The molecule has 0 saturated heterocycles. The summed E-state index contributed by atoms with van der Waals surface area (Å²) in [6, 6.07) is 1.32. The second-order valence-corrected chi connectivity index (χ2v) is 8.27. The smallest absolute Gasteiger partial charge is 0.339 e. The second kappa shape index (κ2) is 8.21. The van der Waals surface area contributed by atoms with Crippen LogP contribution in [0.1, 0.15) is 54.2 Å². The number of methoxy groups -OCH3 is 1. The molecule has 7 nitrogen and oxygen atoms in total. The van der Waals surface area contributed by atoms with Crippen LogP contribution in [0.15, 0.2) is 19.7 Å². The van der Waals surface area contributed by atoms with Crippen LogP contribution >= 0.6 is 0 Å². The lowest BCUT2D eigenvalue weighted by molar-refractivity contribution is -0.144. The third kappa shape index (κ3) is 3.73. The molecule has 1 amide bonds. The highest BCUT2D eigenvalue weighted by atomic mass is 16.5. The van der Waals surface area contributed by atoms with Gasteiger partial charge in [0.05, 0.1) is 7.11 Å². The zero-order chi connectivity index (χ0) is 22.3. The Bertz CT molecular complexity index is 1250. The van der Waals surface area contributed by atoms with Gasteiger partial charge >= 0.3 is 11.6 Å². The van der Waals surface area contributed by atoms with Gasteiger partial charge in [-0.15, -0.1) is 0 Å². The first-order valence-electron chi connectivity index (χ1n) is 10.7. The molecule has 0 bridgehead atoms. The van der Waals surface area contributed by atoms with Crippen molar-refractivity contribution in [2.45, 2.75) is 65.3 Å². The zero-order valence-corrected chi connectivity index (χ0v) is 18.3. The highest BCUT2D eigenvalue weighted by molar-refractivity contribution is 6.00. The average molecular weight is 425 g/mol. The van der Waals surface area contributed by atoms with Gasteiger partial charge in [-0.25, -0.2) is 9.59 Å². The molecule has 2 aromatic heterocycles. The second-order valence-electron chi connectivity index (χ2n) is 8.27. The van der Waals surface area contributed by atoms with E-state index in [0.29, 0.717) is 11.1 Å². The number of fused-ring (bicyclic) bond motifs is 4. The number of amides is 1. The number of carbonyl (C=O) groups is 2.